The molecule has 1 fully saturated rings. The van der Waals surface area contributed by atoms with Gasteiger partial charge in [0, 0.05) is 24.0 Å². The van der Waals surface area contributed by atoms with Crippen molar-refractivity contribution in [3.05, 3.63) is 63.6 Å². The van der Waals surface area contributed by atoms with E-state index in [0.29, 0.717) is 23.8 Å². The van der Waals surface area contributed by atoms with Gasteiger partial charge in [0.15, 0.2) is 0 Å². The summed E-state index contributed by atoms with van der Waals surface area (Å²) in [5.41, 5.74) is 1.61. The van der Waals surface area contributed by atoms with Gasteiger partial charge in [0.05, 0.1) is 16.6 Å². The highest BCUT2D eigenvalue weighted by atomic mass is 79.9. The highest BCUT2D eigenvalue weighted by molar-refractivity contribution is 9.10. The van der Waals surface area contributed by atoms with Crippen molar-refractivity contribution < 1.29 is 9.59 Å². The molecule has 0 radical (unpaired) electrons. The molecular weight excluding hydrogens is 392 g/mol. The summed E-state index contributed by atoms with van der Waals surface area (Å²) in [6.45, 7) is 0.955. The quantitative estimate of drug-likeness (QED) is 0.830. The molecule has 1 unspecified atom stereocenters. The Bertz CT molecular complexity index is 767. The van der Waals surface area contributed by atoms with Gasteiger partial charge in [-0.25, -0.2) is 0 Å². The number of carbonyl (C=O) groups is 2. The third-order valence-corrected chi connectivity index (χ3v) is 4.80. The van der Waals surface area contributed by atoms with E-state index in [0.717, 1.165) is 10.0 Å². The summed E-state index contributed by atoms with van der Waals surface area (Å²) >= 11 is 9.45. The van der Waals surface area contributed by atoms with Crippen LogP contribution in [0.5, 0.6) is 0 Å². The number of rotatable bonds is 4. The van der Waals surface area contributed by atoms with E-state index >= 15 is 0 Å². The van der Waals surface area contributed by atoms with Crippen LogP contribution in [0.25, 0.3) is 0 Å². The van der Waals surface area contributed by atoms with Gasteiger partial charge < -0.3 is 10.2 Å². The van der Waals surface area contributed by atoms with E-state index in [1.54, 1.807) is 17.0 Å². The molecule has 0 saturated carbocycles. The van der Waals surface area contributed by atoms with Crippen molar-refractivity contribution in [2.75, 3.05) is 11.9 Å². The second-order valence-corrected chi connectivity index (χ2v) is 7.10. The van der Waals surface area contributed by atoms with E-state index in [2.05, 4.69) is 21.2 Å². The minimum absolute atomic E-state index is 0.000839. The first-order valence-electron chi connectivity index (χ1n) is 7.60. The molecular formula is C18H16BrClN2O2. The van der Waals surface area contributed by atoms with Crippen LogP contribution < -0.4 is 5.32 Å². The maximum atomic E-state index is 12.4. The van der Waals surface area contributed by atoms with Crippen molar-refractivity contribution >= 4 is 45.0 Å². The number of nitrogens with zero attached hydrogens (tertiary/aromatic N) is 1. The van der Waals surface area contributed by atoms with E-state index in [-0.39, 0.29) is 24.2 Å². The molecule has 3 rings (SSSR count). The van der Waals surface area contributed by atoms with Gasteiger partial charge in [-0.3, -0.25) is 9.59 Å². The molecule has 2 aromatic rings. The highest BCUT2D eigenvalue weighted by Crippen LogP contribution is 2.27. The van der Waals surface area contributed by atoms with Crippen LogP contribution in [-0.2, 0) is 16.1 Å². The molecule has 1 heterocycles. The molecule has 1 aliphatic heterocycles. The molecule has 1 aliphatic rings. The molecule has 6 heteroatoms. The summed E-state index contributed by atoms with van der Waals surface area (Å²) in [5, 5.41) is 3.28. The predicted molar refractivity (Wildman–Crippen MR) is 97.7 cm³/mol. The summed E-state index contributed by atoms with van der Waals surface area (Å²) in [7, 11) is 0. The lowest BCUT2D eigenvalue weighted by Gasteiger charge is -2.17. The Morgan fingerprint density at radius 3 is 2.71 bits per heavy atom. The maximum absolute atomic E-state index is 12.4. The van der Waals surface area contributed by atoms with Gasteiger partial charge >= 0.3 is 0 Å². The van der Waals surface area contributed by atoms with E-state index in [9.17, 15) is 9.59 Å². The number of likely N-dealkylation sites (tertiary alicyclic amines) is 1. The normalized spacial score (nSPS) is 17.2. The third-order valence-electron chi connectivity index (χ3n) is 3.99. The number of amides is 2. The van der Waals surface area contributed by atoms with Crippen LogP contribution in [0.15, 0.2) is 53.0 Å². The van der Waals surface area contributed by atoms with Crippen molar-refractivity contribution in [3.63, 3.8) is 0 Å². The molecule has 0 aliphatic carbocycles. The van der Waals surface area contributed by atoms with Gasteiger partial charge in [0.1, 0.15) is 0 Å². The fourth-order valence-electron chi connectivity index (χ4n) is 2.73. The van der Waals surface area contributed by atoms with E-state index in [1.807, 2.05) is 36.4 Å². The van der Waals surface area contributed by atoms with Crippen LogP contribution in [0.1, 0.15) is 12.0 Å². The lowest BCUT2D eigenvalue weighted by atomic mass is 10.1. The molecule has 1 atom stereocenters. The van der Waals surface area contributed by atoms with Crippen molar-refractivity contribution in [1.29, 1.82) is 0 Å². The summed E-state index contributed by atoms with van der Waals surface area (Å²) < 4.78 is 0.843. The minimum Gasteiger partial charge on any atom is -0.338 e. The van der Waals surface area contributed by atoms with Gasteiger partial charge in [-0.05, 0) is 23.8 Å². The van der Waals surface area contributed by atoms with Gasteiger partial charge in [-0.1, -0.05) is 57.9 Å². The Hall–Kier alpha value is -1.85. The molecule has 0 aromatic heterocycles. The summed E-state index contributed by atoms with van der Waals surface area (Å²) in [5.74, 6) is -0.537. The Morgan fingerprint density at radius 2 is 2.00 bits per heavy atom. The molecule has 0 bridgehead atoms. The molecule has 2 amide bonds. The number of anilines is 1. The van der Waals surface area contributed by atoms with Crippen molar-refractivity contribution in [1.82, 2.24) is 4.90 Å². The lowest BCUT2D eigenvalue weighted by molar-refractivity contribution is -0.128. The highest BCUT2D eigenvalue weighted by Gasteiger charge is 2.34. The van der Waals surface area contributed by atoms with Crippen molar-refractivity contribution in [2.24, 2.45) is 5.92 Å². The van der Waals surface area contributed by atoms with Crippen LogP contribution in [0.4, 0.5) is 5.69 Å². The average Bonchev–Trinajstić information content (AvgIpc) is 2.92. The second kappa shape index (κ2) is 7.36. The Kier molecular flexibility index (Phi) is 5.21. The van der Waals surface area contributed by atoms with Gasteiger partial charge in [-0.15, -0.1) is 0 Å². The molecule has 24 heavy (non-hydrogen) atoms. The molecule has 1 N–H and O–H groups in total. The van der Waals surface area contributed by atoms with Crippen LogP contribution in [0, 0.1) is 5.92 Å². The number of benzene rings is 2. The Labute approximate surface area is 153 Å². The van der Waals surface area contributed by atoms with Crippen LogP contribution in [0.2, 0.25) is 5.02 Å². The van der Waals surface area contributed by atoms with Crippen molar-refractivity contribution in [3.8, 4) is 0 Å². The monoisotopic (exact) mass is 406 g/mol. The fourth-order valence-corrected chi connectivity index (χ4v) is 3.45. The summed E-state index contributed by atoms with van der Waals surface area (Å²) in [6, 6.07) is 15.0. The largest absolute Gasteiger partial charge is 0.338 e. The minimum atomic E-state index is -0.360. The number of nitrogens with one attached hydrogen (secondary N) is 1. The molecule has 1 saturated heterocycles. The maximum Gasteiger partial charge on any atom is 0.229 e. The fraction of sp³-hybridized carbons (Fsp3) is 0.222. The van der Waals surface area contributed by atoms with E-state index in [1.165, 1.54) is 0 Å². The first kappa shape index (κ1) is 17.0. The molecule has 4 nitrogen and oxygen atoms in total. The van der Waals surface area contributed by atoms with Crippen LogP contribution in [0.3, 0.4) is 0 Å². The van der Waals surface area contributed by atoms with E-state index < -0.39 is 0 Å². The topological polar surface area (TPSA) is 49.4 Å². The first-order chi connectivity index (χ1) is 11.5. The van der Waals surface area contributed by atoms with Gasteiger partial charge in [0.2, 0.25) is 11.8 Å². The molecule has 0 spiro atoms. The zero-order chi connectivity index (χ0) is 17.1. The Morgan fingerprint density at radius 1 is 1.25 bits per heavy atom. The number of carbonyl (C=O) groups excluding carboxylic acids is 2. The van der Waals surface area contributed by atoms with E-state index in [4.69, 9.17) is 11.6 Å². The summed E-state index contributed by atoms with van der Waals surface area (Å²) in [4.78, 5) is 26.3. The Balaban J connectivity index is 1.63. The summed E-state index contributed by atoms with van der Waals surface area (Å²) in [6.07, 6.45) is 0.229. The second-order valence-electron chi connectivity index (χ2n) is 5.77. The zero-order valence-electron chi connectivity index (χ0n) is 12.8. The van der Waals surface area contributed by atoms with Crippen molar-refractivity contribution in [2.45, 2.75) is 13.0 Å². The van der Waals surface area contributed by atoms with Gasteiger partial charge in [0.25, 0.3) is 0 Å². The smallest absolute Gasteiger partial charge is 0.229 e. The van der Waals surface area contributed by atoms with Gasteiger partial charge in [-0.2, -0.15) is 0 Å². The average molecular weight is 408 g/mol. The standard InChI is InChI=1S/C18H16BrClN2O2/c19-14-6-7-16(15(20)9-14)21-18(24)13-8-17(23)22(11-13)10-12-4-2-1-3-5-12/h1-7,9,13H,8,10-11H2,(H,21,24). The zero-order valence-corrected chi connectivity index (χ0v) is 15.2. The number of hydrogen-bond donors (Lipinski definition) is 1. The predicted octanol–water partition coefficient (Wildman–Crippen LogP) is 4.09. The SMILES string of the molecule is O=C(Nc1ccc(Br)cc1Cl)C1CC(=O)N(Cc2ccccc2)C1. The number of halogens is 2. The number of hydrogen-bond acceptors (Lipinski definition) is 2. The van der Waals surface area contributed by atoms with Crippen LogP contribution in [-0.4, -0.2) is 23.3 Å². The van der Waals surface area contributed by atoms with Crippen LogP contribution >= 0.6 is 27.5 Å². The first-order valence-corrected chi connectivity index (χ1v) is 8.77. The lowest BCUT2D eigenvalue weighted by Crippen LogP contribution is -2.28. The molecule has 124 valence electrons. The third kappa shape index (κ3) is 3.97. The molecule has 2 aromatic carbocycles.